The zero-order valence-corrected chi connectivity index (χ0v) is 12.9. The molecule has 18 heavy (non-hydrogen) atoms. The fourth-order valence-electron chi connectivity index (χ4n) is 1.29. The number of carbonyl (C=O) groups excluding carboxylic acids is 1. The van der Waals surface area contributed by atoms with Crippen LogP contribution in [-0.2, 0) is 9.22 Å². The molecule has 0 aromatic rings. The lowest BCUT2D eigenvalue weighted by atomic mass is 10.1. The average molecular weight is 269 g/mol. The van der Waals surface area contributed by atoms with Crippen LogP contribution in [0.1, 0.15) is 20.8 Å². The van der Waals surface area contributed by atoms with Crippen LogP contribution in [-0.4, -0.2) is 44.7 Å². The van der Waals surface area contributed by atoms with Gasteiger partial charge in [0.1, 0.15) is 6.54 Å². The molecule has 0 bridgehead atoms. The first-order chi connectivity index (χ1) is 8.17. The maximum absolute atomic E-state index is 11.4. The molecule has 0 aliphatic carbocycles. The standard InChI is InChI=1S/C13H23NO3Si/c1-13(2,3)18(4,5)17-9-11-6-10(8-15)12(16)7-14-11/h6,15H,7-9H2,1-5H3. The molecule has 1 aliphatic heterocycles. The minimum atomic E-state index is -1.80. The van der Waals surface area contributed by atoms with Crippen LogP contribution in [0.4, 0.5) is 0 Å². The molecule has 1 heterocycles. The highest BCUT2D eigenvalue weighted by molar-refractivity contribution is 6.74. The van der Waals surface area contributed by atoms with E-state index in [1.165, 1.54) is 0 Å². The summed E-state index contributed by atoms with van der Waals surface area (Å²) in [7, 11) is -1.80. The highest BCUT2D eigenvalue weighted by Gasteiger charge is 2.37. The van der Waals surface area contributed by atoms with E-state index >= 15 is 0 Å². The molecule has 1 aliphatic rings. The Morgan fingerprint density at radius 1 is 1.44 bits per heavy atom. The van der Waals surface area contributed by atoms with Gasteiger partial charge in [-0.25, -0.2) is 0 Å². The maximum atomic E-state index is 11.4. The lowest BCUT2D eigenvalue weighted by Gasteiger charge is -2.36. The molecule has 1 N–H and O–H groups in total. The number of hydrogen-bond acceptors (Lipinski definition) is 4. The summed E-state index contributed by atoms with van der Waals surface area (Å²) in [6, 6.07) is 0. The lowest BCUT2D eigenvalue weighted by molar-refractivity contribution is -0.114. The van der Waals surface area contributed by atoms with Crippen LogP contribution in [0, 0.1) is 0 Å². The number of aliphatic hydroxyl groups is 1. The van der Waals surface area contributed by atoms with E-state index in [9.17, 15) is 4.79 Å². The highest BCUT2D eigenvalue weighted by atomic mass is 28.4. The van der Waals surface area contributed by atoms with E-state index in [1.807, 2.05) is 0 Å². The number of carbonyl (C=O) groups is 1. The number of hydrogen-bond donors (Lipinski definition) is 1. The van der Waals surface area contributed by atoms with Crippen LogP contribution < -0.4 is 0 Å². The van der Waals surface area contributed by atoms with Crippen molar-refractivity contribution in [2.24, 2.45) is 4.99 Å². The molecule has 0 atom stereocenters. The van der Waals surface area contributed by atoms with Crippen molar-refractivity contribution in [3.63, 3.8) is 0 Å². The van der Waals surface area contributed by atoms with E-state index < -0.39 is 8.32 Å². The van der Waals surface area contributed by atoms with Crippen LogP contribution in [0.5, 0.6) is 0 Å². The summed E-state index contributed by atoms with van der Waals surface area (Å²) in [5.41, 5.74) is 1.18. The summed E-state index contributed by atoms with van der Waals surface area (Å²) in [5.74, 6) is -0.103. The van der Waals surface area contributed by atoms with E-state index in [0.29, 0.717) is 12.2 Å². The Balaban J connectivity index is 2.66. The summed E-state index contributed by atoms with van der Waals surface area (Å²) >= 11 is 0. The highest BCUT2D eigenvalue weighted by Crippen LogP contribution is 2.36. The van der Waals surface area contributed by atoms with E-state index in [2.05, 4.69) is 38.9 Å². The molecule has 0 saturated heterocycles. The van der Waals surface area contributed by atoms with Gasteiger partial charge < -0.3 is 9.53 Å². The first kappa shape index (κ1) is 15.3. The van der Waals surface area contributed by atoms with E-state index in [4.69, 9.17) is 9.53 Å². The Morgan fingerprint density at radius 2 is 2.06 bits per heavy atom. The van der Waals surface area contributed by atoms with Crippen molar-refractivity contribution in [3.05, 3.63) is 11.6 Å². The minimum Gasteiger partial charge on any atom is -0.411 e. The largest absolute Gasteiger partial charge is 0.411 e. The average Bonchev–Trinajstić information content (AvgIpc) is 2.26. The predicted molar refractivity (Wildman–Crippen MR) is 75.6 cm³/mol. The fraction of sp³-hybridized carbons (Fsp3) is 0.692. The lowest BCUT2D eigenvalue weighted by Crippen LogP contribution is -2.42. The summed E-state index contributed by atoms with van der Waals surface area (Å²) in [5, 5.41) is 9.21. The molecule has 0 spiro atoms. The molecular formula is C13H23NO3Si. The maximum Gasteiger partial charge on any atom is 0.192 e. The van der Waals surface area contributed by atoms with Crippen molar-refractivity contribution in [2.45, 2.75) is 38.9 Å². The molecule has 1 rings (SSSR count). The van der Waals surface area contributed by atoms with Crippen molar-refractivity contribution in [2.75, 3.05) is 19.8 Å². The van der Waals surface area contributed by atoms with Gasteiger partial charge in [-0.3, -0.25) is 9.79 Å². The van der Waals surface area contributed by atoms with Gasteiger partial charge in [0.2, 0.25) is 0 Å². The summed E-state index contributed by atoms with van der Waals surface area (Å²) in [6.07, 6.45) is 1.65. The molecule has 0 aromatic carbocycles. The van der Waals surface area contributed by atoms with Crippen molar-refractivity contribution in [1.82, 2.24) is 0 Å². The van der Waals surface area contributed by atoms with Gasteiger partial charge in [-0.15, -0.1) is 0 Å². The quantitative estimate of drug-likeness (QED) is 0.794. The number of aliphatic hydroxyl groups excluding tert-OH is 1. The molecule has 0 saturated carbocycles. The Morgan fingerprint density at radius 3 is 2.56 bits per heavy atom. The normalized spacial score (nSPS) is 17.6. The van der Waals surface area contributed by atoms with Crippen molar-refractivity contribution < 1.29 is 14.3 Å². The second-order valence-corrected chi connectivity index (χ2v) is 10.9. The predicted octanol–water partition coefficient (Wildman–Crippen LogP) is 1.95. The Kier molecular flexibility index (Phi) is 4.64. The molecule has 0 amide bonds. The smallest absolute Gasteiger partial charge is 0.192 e. The molecule has 0 unspecified atom stereocenters. The summed E-state index contributed by atoms with van der Waals surface area (Å²) in [4.78, 5) is 15.5. The van der Waals surface area contributed by atoms with Crippen LogP contribution in [0.3, 0.4) is 0 Å². The Labute approximate surface area is 110 Å². The van der Waals surface area contributed by atoms with Gasteiger partial charge in [-0.05, 0) is 24.2 Å². The van der Waals surface area contributed by atoms with Gasteiger partial charge in [0.25, 0.3) is 0 Å². The molecule has 0 aromatic heterocycles. The number of dihydropyridines is 1. The second-order valence-electron chi connectivity index (χ2n) is 6.11. The van der Waals surface area contributed by atoms with Gasteiger partial charge in [-0.1, -0.05) is 20.8 Å². The molecule has 0 radical (unpaired) electrons. The van der Waals surface area contributed by atoms with Crippen molar-refractivity contribution in [3.8, 4) is 0 Å². The molecule has 5 heteroatoms. The first-order valence-corrected chi connectivity index (χ1v) is 9.10. The third-order valence-corrected chi connectivity index (χ3v) is 8.16. The first-order valence-electron chi connectivity index (χ1n) is 6.19. The third kappa shape index (κ3) is 3.60. The van der Waals surface area contributed by atoms with Crippen LogP contribution >= 0.6 is 0 Å². The zero-order valence-electron chi connectivity index (χ0n) is 11.9. The second kappa shape index (κ2) is 5.46. The van der Waals surface area contributed by atoms with Crippen LogP contribution in [0.25, 0.3) is 0 Å². The van der Waals surface area contributed by atoms with E-state index in [0.717, 1.165) is 5.71 Å². The molecular weight excluding hydrogens is 246 g/mol. The van der Waals surface area contributed by atoms with Crippen LogP contribution in [0.2, 0.25) is 18.1 Å². The van der Waals surface area contributed by atoms with Gasteiger partial charge in [0.05, 0.1) is 18.9 Å². The Bertz CT molecular complexity index is 392. The molecule has 102 valence electrons. The van der Waals surface area contributed by atoms with Gasteiger partial charge >= 0.3 is 0 Å². The number of rotatable bonds is 4. The van der Waals surface area contributed by atoms with Gasteiger partial charge in [-0.2, -0.15) is 0 Å². The topological polar surface area (TPSA) is 58.9 Å². The minimum absolute atomic E-state index is 0.103. The third-order valence-electron chi connectivity index (χ3n) is 3.68. The van der Waals surface area contributed by atoms with Crippen molar-refractivity contribution in [1.29, 1.82) is 0 Å². The molecule has 4 nitrogen and oxygen atoms in total. The summed E-state index contributed by atoms with van der Waals surface area (Å²) < 4.78 is 6.03. The van der Waals surface area contributed by atoms with E-state index in [1.54, 1.807) is 6.08 Å². The van der Waals surface area contributed by atoms with Gasteiger partial charge in [0, 0.05) is 5.57 Å². The fourth-order valence-corrected chi connectivity index (χ4v) is 2.24. The number of aliphatic imine (C=N–C) groups is 1. The monoisotopic (exact) mass is 269 g/mol. The van der Waals surface area contributed by atoms with E-state index in [-0.39, 0.29) is 24.0 Å². The summed E-state index contributed by atoms with van der Waals surface area (Å²) in [6.45, 7) is 11.2. The molecule has 0 fully saturated rings. The SMILES string of the molecule is CC(C)(C)[Si](C)(C)OCC1=NCC(=O)C(CO)=C1. The van der Waals surface area contributed by atoms with Gasteiger partial charge in [0.15, 0.2) is 14.1 Å². The Hall–Kier alpha value is -0.783. The zero-order chi connectivity index (χ0) is 14.0. The van der Waals surface area contributed by atoms with Crippen LogP contribution in [0.15, 0.2) is 16.6 Å². The number of nitrogens with zero attached hydrogens (tertiary/aromatic N) is 1. The van der Waals surface area contributed by atoms with Crippen molar-refractivity contribution >= 4 is 19.8 Å². The number of Topliss-reactive ketones (excluding diaryl/α,β-unsaturated/α-hetero) is 1. The number of ketones is 1.